The number of aryl methyl sites for hydroxylation is 1. The smallest absolute Gasteiger partial charge is 0.317 e. The molecule has 0 unspecified atom stereocenters. The lowest BCUT2D eigenvalue weighted by molar-refractivity contribution is 0.204. The Morgan fingerprint density at radius 3 is 2.70 bits per heavy atom. The second kappa shape index (κ2) is 7.08. The van der Waals surface area contributed by atoms with Crippen molar-refractivity contribution in [1.29, 1.82) is 0 Å². The summed E-state index contributed by atoms with van der Waals surface area (Å²) in [5.41, 5.74) is 2.84. The van der Waals surface area contributed by atoms with Gasteiger partial charge in [0, 0.05) is 23.9 Å². The molecule has 0 aliphatic carbocycles. The number of halogens is 1. The highest BCUT2D eigenvalue weighted by Crippen LogP contribution is 2.25. The van der Waals surface area contributed by atoms with Crippen molar-refractivity contribution < 1.29 is 9.18 Å². The Bertz CT molecular complexity index is 684. The lowest BCUT2D eigenvalue weighted by atomic mass is 9.84. The highest BCUT2D eigenvalue weighted by atomic mass is 32.1. The molecule has 0 bridgehead atoms. The molecule has 0 fully saturated rings. The van der Waals surface area contributed by atoms with Gasteiger partial charge in [-0.2, -0.15) is 0 Å². The van der Waals surface area contributed by atoms with Crippen molar-refractivity contribution in [2.24, 2.45) is 0 Å². The molecule has 124 valence electrons. The van der Waals surface area contributed by atoms with Crippen molar-refractivity contribution in [3.05, 3.63) is 51.7 Å². The minimum atomic E-state index is -0.484. The predicted molar refractivity (Wildman–Crippen MR) is 91.1 cm³/mol. The van der Waals surface area contributed by atoms with Gasteiger partial charge in [0.2, 0.25) is 0 Å². The Kier molecular flexibility index (Phi) is 5.36. The zero-order valence-corrected chi connectivity index (χ0v) is 14.7. The fourth-order valence-electron chi connectivity index (χ4n) is 2.30. The van der Waals surface area contributed by atoms with Gasteiger partial charge in [0.25, 0.3) is 0 Å². The van der Waals surface area contributed by atoms with Gasteiger partial charge in [-0.1, -0.05) is 32.0 Å². The van der Waals surface area contributed by atoms with Gasteiger partial charge < -0.3 is 10.2 Å². The number of amides is 2. The molecule has 1 heterocycles. The molecule has 4 nitrogen and oxygen atoms in total. The Labute approximate surface area is 140 Å². The minimum Gasteiger partial charge on any atom is -0.337 e. The lowest BCUT2D eigenvalue weighted by Crippen LogP contribution is -2.43. The summed E-state index contributed by atoms with van der Waals surface area (Å²) in [4.78, 5) is 19.1. The van der Waals surface area contributed by atoms with Crippen LogP contribution in [0.15, 0.2) is 29.8 Å². The fraction of sp³-hybridized carbons (Fsp3) is 0.412. The van der Waals surface area contributed by atoms with E-state index in [2.05, 4.69) is 10.3 Å². The first-order valence-corrected chi connectivity index (χ1v) is 8.32. The molecule has 0 saturated carbocycles. The quantitative estimate of drug-likeness (QED) is 0.905. The van der Waals surface area contributed by atoms with E-state index in [9.17, 15) is 9.18 Å². The largest absolute Gasteiger partial charge is 0.337 e. The highest BCUT2D eigenvalue weighted by Gasteiger charge is 2.25. The molecular formula is C17H22FN3OS. The van der Waals surface area contributed by atoms with E-state index in [1.807, 2.05) is 20.8 Å². The number of nitrogens with one attached hydrogen (secondary N) is 1. The molecule has 0 radical (unpaired) electrons. The zero-order chi connectivity index (χ0) is 17.0. The second-order valence-corrected chi connectivity index (χ2v) is 7.18. The standard InChI is InChI=1S/C17H22FN3OS/c1-12-15(23-11-20-12)9-21(4)16(22)19-10-17(2,3)13-7-5-6-8-14(13)18/h5-8,11H,9-10H2,1-4H3,(H,19,22). The molecule has 2 rings (SSSR count). The number of hydrogen-bond acceptors (Lipinski definition) is 3. The summed E-state index contributed by atoms with van der Waals surface area (Å²) in [7, 11) is 1.74. The molecule has 1 aromatic carbocycles. The first-order chi connectivity index (χ1) is 10.8. The Balaban J connectivity index is 1.95. The van der Waals surface area contributed by atoms with Gasteiger partial charge in [0.1, 0.15) is 5.82 Å². The molecule has 0 aliphatic rings. The van der Waals surface area contributed by atoms with Gasteiger partial charge in [-0.3, -0.25) is 0 Å². The van der Waals surface area contributed by atoms with Crippen molar-refractivity contribution in [3.8, 4) is 0 Å². The van der Waals surface area contributed by atoms with Crippen LogP contribution < -0.4 is 5.32 Å². The van der Waals surface area contributed by atoms with Crippen molar-refractivity contribution in [2.75, 3.05) is 13.6 Å². The predicted octanol–water partition coefficient (Wildman–Crippen LogP) is 3.71. The van der Waals surface area contributed by atoms with E-state index in [0.717, 1.165) is 10.6 Å². The summed E-state index contributed by atoms with van der Waals surface area (Å²) >= 11 is 1.54. The van der Waals surface area contributed by atoms with E-state index in [-0.39, 0.29) is 11.8 Å². The Morgan fingerprint density at radius 2 is 2.09 bits per heavy atom. The van der Waals surface area contributed by atoms with Gasteiger partial charge in [0.15, 0.2) is 0 Å². The monoisotopic (exact) mass is 335 g/mol. The number of urea groups is 1. The summed E-state index contributed by atoms with van der Waals surface area (Å²) in [5.74, 6) is -0.250. The molecule has 23 heavy (non-hydrogen) atoms. The number of rotatable bonds is 5. The summed E-state index contributed by atoms with van der Waals surface area (Å²) in [6, 6.07) is 6.49. The van der Waals surface area contributed by atoms with Crippen LogP contribution in [-0.4, -0.2) is 29.5 Å². The fourth-order valence-corrected chi connectivity index (χ4v) is 3.13. The number of carbonyl (C=O) groups is 1. The third-order valence-electron chi connectivity index (χ3n) is 3.86. The first-order valence-electron chi connectivity index (χ1n) is 7.44. The molecule has 0 aliphatic heterocycles. The number of hydrogen-bond donors (Lipinski definition) is 1. The molecule has 0 saturated heterocycles. The van der Waals surface area contributed by atoms with Gasteiger partial charge in [-0.15, -0.1) is 11.3 Å². The maximum Gasteiger partial charge on any atom is 0.317 e. The minimum absolute atomic E-state index is 0.179. The maximum absolute atomic E-state index is 13.9. The van der Waals surface area contributed by atoms with Gasteiger partial charge in [-0.05, 0) is 18.6 Å². The van der Waals surface area contributed by atoms with Crippen LogP contribution in [0.1, 0.15) is 30.0 Å². The normalized spacial score (nSPS) is 11.3. The van der Waals surface area contributed by atoms with Crippen molar-refractivity contribution in [3.63, 3.8) is 0 Å². The molecule has 1 N–H and O–H groups in total. The average molecular weight is 335 g/mol. The number of carbonyl (C=O) groups excluding carboxylic acids is 1. The molecule has 0 spiro atoms. The van der Waals surface area contributed by atoms with E-state index in [1.54, 1.807) is 35.7 Å². The van der Waals surface area contributed by atoms with E-state index in [1.165, 1.54) is 17.4 Å². The Hall–Kier alpha value is -1.95. The van der Waals surface area contributed by atoms with Crippen molar-refractivity contribution >= 4 is 17.4 Å². The summed E-state index contributed by atoms with van der Waals surface area (Å²) in [6.45, 7) is 6.64. The molecule has 1 aromatic heterocycles. The van der Waals surface area contributed by atoms with Crippen LogP contribution in [0.5, 0.6) is 0 Å². The van der Waals surface area contributed by atoms with E-state index >= 15 is 0 Å². The number of nitrogens with zero attached hydrogens (tertiary/aromatic N) is 2. The number of benzene rings is 1. The SMILES string of the molecule is Cc1ncsc1CN(C)C(=O)NCC(C)(C)c1ccccc1F. The van der Waals surface area contributed by atoms with Gasteiger partial charge >= 0.3 is 6.03 Å². The lowest BCUT2D eigenvalue weighted by Gasteiger charge is -2.27. The summed E-state index contributed by atoms with van der Waals surface area (Å²) in [6.07, 6.45) is 0. The zero-order valence-electron chi connectivity index (χ0n) is 13.9. The number of aromatic nitrogens is 1. The second-order valence-electron chi connectivity index (χ2n) is 6.24. The number of thiazole rings is 1. The molecule has 2 amide bonds. The summed E-state index contributed by atoms with van der Waals surface area (Å²) < 4.78 is 13.9. The van der Waals surface area contributed by atoms with Crippen LogP contribution in [0.3, 0.4) is 0 Å². The third-order valence-corrected chi connectivity index (χ3v) is 4.78. The van der Waals surface area contributed by atoms with Crippen LogP contribution in [0.25, 0.3) is 0 Å². The van der Waals surface area contributed by atoms with Crippen LogP contribution in [0.2, 0.25) is 0 Å². The third kappa shape index (κ3) is 4.28. The molecular weight excluding hydrogens is 313 g/mol. The van der Waals surface area contributed by atoms with Gasteiger partial charge in [-0.25, -0.2) is 14.2 Å². The maximum atomic E-state index is 13.9. The van der Waals surface area contributed by atoms with E-state index in [0.29, 0.717) is 18.7 Å². The van der Waals surface area contributed by atoms with Gasteiger partial charge in [0.05, 0.1) is 17.7 Å². The topological polar surface area (TPSA) is 45.2 Å². The summed E-state index contributed by atoms with van der Waals surface area (Å²) in [5, 5.41) is 2.88. The van der Waals surface area contributed by atoms with Crippen LogP contribution >= 0.6 is 11.3 Å². The van der Waals surface area contributed by atoms with Crippen LogP contribution in [0.4, 0.5) is 9.18 Å². The van der Waals surface area contributed by atoms with Crippen LogP contribution in [0, 0.1) is 12.7 Å². The van der Waals surface area contributed by atoms with Crippen molar-refractivity contribution in [2.45, 2.75) is 32.7 Å². The molecule has 6 heteroatoms. The molecule has 0 atom stereocenters. The Morgan fingerprint density at radius 1 is 1.39 bits per heavy atom. The van der Waals surface area contributed by atoms with Crippen LogP contribution in [-0.2, 0) is 12.0 Å². The highest BCUT2D eigenvalue weighted by molar-refractivity contribution is 7.09. The first kappa shape index (κ1) is 17.4. The molecule has 2 aromatic rings. The van der Waals surface area contributed by atoms with E-state index < -0.39 is 5.41 Å². The van der Waals surface area contributed by atoms with Crippen molar-refractivity contribution in [1.82, 2.24) is 15.2 Å². The van der Waals surface area contributed by atoms with E-state index in [4.69, 9.17) is 0 Å². The average Bonchev–Trinajstić information content (AvgIpc) is 2.90.